The zero-order valence-corrected chi connectivity index (χ0v) is 11.3. The molecule has 3 nitrogen and oxygen atoms in total. The number of ether oxygens (including phenoxy) is 1. The van der Waals surface area contributed by atoms with Crippen molar-refractivity contribution in [1.29, 1.82) is 0 Å². The summed E-state index contributed by atoms with van der Waals surface area (Å²) in [5.74, 6) is 1.06. The number of ketones is 1. The van der Waals surface area contributed by atoms with Crippen molar-refractivity contribution < 1.29 is 9.53 Å². The van der Waals surface area contributed by atoms with Crippen LogP contribution in [0.5, 0.6) is 0 Å². The molecule has 1 aromatic rings. The summed E-state index contributed by atoms with van der Waals surface area (Å²) in [6.45, 7) is 3.51. The lowest BCUT2D eigenvalue weighted by atomic mass is 10.1. The van der Waals surface area contributed by atoms with Crippen molar-refractivity contribution in [1.82, 2.24) is 4.90 Å². The number of carbonyl (C=O) groups is 1. The van der Waals surface area contributed by atoms with E-state index in [1.165, 1.54) is 12.8 Å². The first-order valence-electron chi connectivity index (χ1n) is 7.24. The highest BCUT2D eigenvalue weighted by molar-refractivity contribution is 5.96. The topological polar surface area (TPSA) is 29.5 Å². The molecule has 19 heavy (non-hydrogen) atoms. The van der Waals surface area contributed by atoms with Crippen molar-refractivity contribution in [2.75, 3.05) is 26.3 Å². The molecular formula is C16H21NO2. The Morgan fingerprint density at radius 1 is 1.26 bits per heavy atom. The van der Waals surface area contributed by atoms with Gasteiger partial charge in [-0.25, -0.2) is 0 Å². The molecule has 1 unspecified atom stereocenters. The van der Waals surface area contributed by atoms with Crippen LogP contribution in [0.4, 0.5) is 0 Å². The number of rotatable bonds is 5. The number of Topliss-reactive ketones (excluding diaryl/α,β-unsaturated/α-hetero) is 1. The average molecular weight is 259 g/mol. The highest BCUT2D eigenvalue weighted by atomic mass is 16.5. The molecule has 0 spiro atoms. The normalized spacial score (nSPS) is 24.3. The summed E-state index contributed by atoms with van der Waals surface area (Å²) in [5.41, 5.74) is 0.832. The van der Waals surface area contributed by atoms with E-state index >= 15 is 0 Å². The average Bonchev–Trinajstić information content (AvgIpc) is 3.30. The lowest BCUT2D eigenvalue weighted by Gasteiger charge is -2.35. The van der Waals surface area contributed by atoms with Crippen molar-refractivity contribution in [3.63, 3.8) is 0 Å². The maximum atomic E-state index is 12.1. The van der Waals surface area contributed by atoms with Gasteiger partial charge in [-0.3, -0.25) is 9.69 Å². The van der Waals surface area contributed by atoms with E-state index < -0.39 is 0 Å². The monoisotopic (exact) mass is 259 g/mol. The molecule has 1 atom stereocenters. The maximum Gasteiger partial charge on any atom is 0.164 e. The first kappa shape index (κ1) is 12.8. The molecule has 1 saturated heterocycles. The Morgan fingerprint density at radius 3 is 2.79 bits per heavy atom. The predicted molar refractivity (Wildman–Crippen MR) is 74.3 cm³/mol. The van der Waals surface area contributed by atoms with E-state index in [-0.39, 0.29) is 5.78 Å². The summed E-state index contributed by atoms with van der Waals surface area (Å²) < 4.78 is 5.58. The molecule has 1 aromatic carbocycles. The van der Waals surface area contributed by atoms with Gasteiger partial charge >= 0.3 is 0 Å². The van der Waals surface area contributed by atoms with Gasteiger partial charge in [0.1, 0.15) is 0 Å². The van der Waals surface area contributed by atoms with E-state index in [0.29, 0.717) is 12.5 Å². The lowest BCUT2D eigenvalue weighted by molar-refractivity contribution is -0.0153. The van der Waals surface area contributed by atoms with Gasteiger partial charge in [0.25, 0.3) is 0 Å². The van der Waals surface area contributed by atoms with Crippen LogP contribution < -0.4 is 0 Å². The van der Waals surface area contributed by atoms with Crippen LogP contribution in [0, 0.1) is 5.92 Å². The summed E-state index contributed by atoms with van der Waals surface area (Å²) in [5, 5.41) is 0. The Labute approximate surface area is 114 Å². The summed E-state index contributed by atoms with van der Waals surface area (Å²) in [6, 6.07) is 10.2. The van der Waals surface area contributed by atoms with Gasteiger partial charge in [0.15, 0.2) is 5.78 Å². The van der Waals surface area contributed by atoms with Gasteiger partial charge in [-0.1, -0.05) is 30.3 Å². The van der Waals surface area contributed by atoms with Gasteiger partial charge in [-0.05, 0) is 18.8 Å². The summed E-state index contributed by atoms with van der Waals surface area (Å²) in [6.07, 6.45) is 3.28. The Balaban J connectivity index is 1.54. The molecule has 3 rings (SSSR count). The molecule has 0 amide bonds. The third kappa shape index (κ3) is 3.23. The van der Waals surface area contributed by atoms with Crippen LogP contribution in [0.15, 0.2) is 30.3 Å². The highest BCUT2D eigenvalue weighted by Gasteiger charge is 2.36. The van der Waals surface area contributed by atoms with E-state index in [9.17, 15) is 4.79 Å². The van der Waals surface area contributed by atoms with E-state index in [0.717, 1.165) is 37.8 Å². The minimum atomic E-state index is 0.252. The molecule has 1 heterocycles. The molecule has 1 aliphatic carbocycles. The molecule has 1 saturated carbocycles. The largest absolute Gasteiger partial charge is 0.378 e. The second kappa shape index (κ2) is 5.85. The van der Waals surface area contributed by atoms with Crippen molar-refractivity contribution in [2.45, 2.75) is 25.3 Å². The molecule has 0 aromatic heterocycles. The van der Waals surface area contributed by atoms with Crippen LogP contribution in [-0.2, 0) is 4.74 Å². The van der Waals surface area contributed by atoms with Crippen LogP contribution in [0.2, 0.25) is 0 Å². The minimum Gasteiger partial charge on any atom is -0.378 e. The first-order valence-corrected chi connectivity index (χ1v) is 7.24. The van der Waals surface area contributed by atoms with Crippen LogP contribution >= 0.6 is 0 Å². The van der Waals surface area contributed by atoms with E-state index in [4.69, 9.17) is 4.74 Å². The Kier molecular flexibility index (Phi) is 3.95. The minimum absolute atomic E-state index is 0.252. The number of morpholine rings is 1. The fourth-order valence-corrected chi connectivity index (χ4v) is 2.86. The van der Waals surface area contributed by atoms with Crippen LogP contribution in [-0.4, -0.2) is 43.0 Å². The predicted octanol–water partition coefficient (Wildman–Crippen LogP) is 2.37. The molecule has 3 heteroatoms. The third-order valence-corrected chi connectivity index (χ3v) is 4.17. The lowest BCUT2D eigenvalue weighted by Crippen LogP contribution is -2.47. The zero-order chi connectivity index (χ0) is 13.1. The number of hydrogen-bond donors (Lipinski definition) is 0. The fourth-order valence-electron chi connectivity index (χ4n) is 2.86. The van der Waals surface area contributed by atoms with Gasteiger partial charge in [0.2, 0.25) is 0 Å². The number of nitrogens with zero attached hydrogens (tertiary/aromatic N) is 1. The van der Waals surface area contributed by atoms with Crippen molar-refractivity contribution in [3.8, 4) is 0 Å². The molecular weight excluding hydrogens is 238 g/mol. The van der Waals surface area contributed by atoms with Gasteiger partial charge in [-0.2, -0.15) is 0 Å². The quantitative estimate of drug-likeness (QED) is 0.760. The summed E-state index contributed by atoms with van der Waals surface area (Å²) in [7, 11) is 0. The molecule has 102 valence electrons. The maximum absolute atomic E-state index is 12.1. The molecule has 0 bridgehead atoms. The van der Waals surface area contributed by atoms with E-state index in [1.54, 1.807) is 0 Å². The van der Waals surface area contributed by atoms with Crippen molar-refractivity contribution in [3.05, 3.63) is 35.9 Å². The standard InChI is InChI=1S/C16H21NO2/c18-16(14-4-2-1-3-5-14)8-9-17-10-11-19-12-15(17)13-6-7-13/h1-5,13,15H,6-12H2. The Morgan fingerprint density at radius 2 is 2.05 bits per heavy atom. The van der Waals surface area contributed by atoms with Crippen LogP contribution in [0.1, 0.15) is 29.6 Å². The smallest absolute Gasteiger partial charge is 0.164 e. The summed E-state index contributed by atoms with van der Waals surface area (Å²) in [4.78, 5) is 14.6. The molecule has 2 aliphatic rings. The fraction of sp³-hybridized carbons (Fsp3) is 0.562. The molecule has 1 aliphatic heterocycles. The number of hydrogen-bond acceptors (Lipinski definition) is 3. The molecule has 0 radical (unpaired) electrons. The highest BCUT2D eigenvalue weighted by Crippen LogP contribution is 2.36. The second-order valence-electron chi connectivity index (χ2n) is 5.55. The third-order valence-electron chi connectivity index (χ3n) is 4.17. The van der Waals surface area contributed by atoms with Gasteiger partial charge < -0.3 is 4.74 Å². The van der Waals surface area contributed by atoms with E-state index in [1.807, 2.05) is 30.3 Å². The van der Waals surface area contributed by atoms with Crippen molar-refractivity contribution >= 4 is 5.78 Å². The van der Waals surface area contributed by atoms with Crippen LogP contribution in [0.3, 0.4) is 0 Å². The van der Waals surface area contributed by atoms with Gasteiger partial charge in [0, 0.05) is 31.1 Å². The Bertz CT molecular complexity index is 428. The number of carbonyl (C=O) groups excluding carboxylic acids is 1. The van der Waals surface area contributed by atoms with E-state index in [2.05, 4.69) is 4.90 Å². The van der Waals surface area contributed by atoms with Crippen molar-refractivity contribution in [2.24, 2.45) is 5.92 Å². The molecule has 0 N–H and O–H groups in total. The molecule has 2 fully saturated rings. The van der Waals surface area contributed by atoms with Crippen LogP contribution in [0.25, 0.3) is 0 Å². The second-order valence-corrected chi connectivity index (χ2v) is 5.55. The number of benzene rings is 1. The van der Waals surface area contributed by atoms with Gasteiger partial charge in [0.05, 0.1) is 13.2 Å². The Hall–Kier alpha value is -1.19. The summed E-state index contributed by atoms with van der Waals surface area (Å²) >= 11 is 0. The SMILES string of the molecule is O=C(CCN1CCOCC1C1CC1)c1ccccc1. The first-order chi connectivity index (χ1) is 9.34. The van der Waals surface area contributed by atoms with Gasteiger partial charge in [-0.15, -0.1) is 0 Å². The zero-order valence-electron chi connectivity index (χ0n) is 11.3.